The molecule has 1 saturated heterocycles. The molecule has 0 bridgehead atoms. The molecule has 1 amide bonds. The lowest BCUT2D eigenvalue weighted by Crippen LogP contribution is -2.35. The second kappa shape index (κ2) is 5.11. The van der Waals surface area contributed by atoms with E-state index in [1.54, 1.807) is 28.6 Å². The lowest BCUT2D eigenvalue weighted by Gasteiger charge is -2.27. The Bertz CT molecular complexity index is 483. The highest BCUT2D eigenvalue weighted by atomic mass is 32.1. The van der Waals surface area contributed by atoms with E-state index >= 15 is 0 Å². The first kappa shape index (κ1) is 11.7. The van der Waals surface area contributed by atoms with Gasteiger partial charge in [-0.15, -0.1) is 11.3 Å². The van der Waals surface area contributed by atoms with Gasteiger partial charge in [-0.05, 0) is 43.2 Å². The fourth-order valence-corrected chi connectivity index (χ4v) is 3.03. The predicted molar refractivity (Wildman–Crippen MR) is 75.4 cm³/mol. The van der Waals surface area contributed by atoms with Crippen LogP contribution in [0, 0.1) is 0 Å². The van der Waals surface area contributed by atoms with Crippen molar-refractivity contribution >= 4 is 23.3 Å². The average Bonchev–Trinajstić information content (AvgIpc) is 3.13. The summed E-state index contributed by atoms with van der Waals surface area (Å²) in [5.41, 5.74) is 3.29. The van der Waals surface area contributed by atoms with Crippen LogP contribution in [-0.4, -0.2) is 23.9 Å². The number of carbonyl (C=O) groups excluding carboxylic acids is 1. The molecule has 0 unspecified atom stereocenters. The highest BCUT2D eigenvalue weighted by molar-refractivity contribution is 7.10. The van der Waals surface area contributed by atoms with Crippen molar-refractivity contribution in [1.29, 1.82) is 0 Å². The van der Waals surface area contributed by atoms with Crippen LogP contribution >= 0.6 is 11.3 Å². The van der Waals surface area contributed by atoms with Crippen LogP contribution in [0.1, 0.15) is 30.6 Å². The average molecular weight is 259 g/mol. The third-order valence-corrected chi connectivity index (χ3v) is 4.45. The summed E-state index contributed by atoms with van der Waals surface area (Å²) in [5, 5.41) is 2.03. The third kappa shape index (κ3) is 2.72. The fraction of sp³-hybridized carbons (Fsp3) is 0.400. The van der Waals surface area contributed by atoms with Crippen molar-refractivity contribution in [1.82, 2.24) is 4.90 Å². The maximum Gasteiger partial charge on any atom is 0.246 e. The minimum Gasteiger partial charge on any atom is -0.339 e. The Morgan fingerprint density at radius 1 is 1.17 bits per heavy atom. The van der Waals surface area contributed by atoms with Crippen LogP contribution in [0.4, 0.5) is 0 Å². The van der Waals surface area contributed by atoms with Gasteiger partial charge in [0.05, 0.1) is 0 Å². The van der Waals surface area contributed by atoms with Gasteiger partial charge in [0.2, 0.25) is 5.91 Å². The van der Waals surface area contributed by atoms with Crippen molar-refractivity contribution in [2.24, 2.45) is 0 Å². The van der Waals surface area contributed by atoms with Crippen molar-refractivity contribution in [3.8, 4) is 0 Å². The molecule has 3 heteroatoms. The zero-order valence-corrected chi connectivity index (χ0v) is 11.2. The molecule has 2 fully saturated rings. The number of allylic oxidation sites excluding steroid dienone is 1. The van der Waals surface area contributed by atoms with Crippen molar-refractivity contribution in [2.75, 3.05) is 13.1 Å². The molecule has 0 spiro atoms. The van der Waals surface area contributed by atoms with Gasteiger partial charge >= 0.3 is 0 Å². The second-order valence-corrected chi connectivity index (χ2v) is 5.86. The van der Waals surface area contributed by atoms with E-state index in [9.17, 15) is 4.79 Å². The molecule has 0 N–H and O–H groups in total. The van der Waals surface area contributed by atoms with Crippen LogP contribution in [0.5, 0.6) is 0 Å². The summed E-state index contributed by atoms with van der Waals surface area (Å²) in [6, 6.07) is 4.03. The Hall–Kier alpha value is -1.35. The minimum absolute atomic E-state index is 0.156. The Morgan fingerprint density at radius 2 is 1.89 bits per heavy atom. The monoisotopic (exact) mass is 259 g/mol. The van der Waals surface area contributed by atoms with Crippen molar-refractivity contribution in [3.63, 3.8) is 0 Å². The second-order valence-electron chi connectivity index (χ2n) is 4.88. The van der Waals surface area contributed by atoms with Crippen LogP contribution in [0.3, 0.4) is 0 Å². The lowest BCUT2D eigenvalue weighted by atomic mass is 10.0. The number of nitrogens with zero attached hydrogens (tertiary/aromatic N) is 1. The summed E-state index contributed by atoms with van der Waals surface area (Å²) in [7, 11) is 0. The first-order valence-electron chi connectivity index (χ1n) is 6.53. The van der Waals surface area contributed by atoms with Gasteiger partial charge in [-0.2, -0.15) is 0 Å². The largest absolute Gasteiger partial charge is 0.339 e. The number of piperidine rings is 1. The minimum atomic E-state index is 0.156. The molecule has 0 atom stereocenters. The molecule has 0 aromatic carbocycles. The maximum absolute atomic E-state index is 12.0. The highest BCUT2D eigenvalue weighted by Crippen LogP contribution is 2.36. The zero-order chi connectivity index (χ0) is 12.4. The van der Waals surface area contributed by atoms with E-state index in [1.807, 2.05) is 28.5 Å². The van der Waals surface area contributed by atoms with Crippen LogP contribution < -0.4 is 0 Å². The molecule has 1 saturated carbocycles. The number of amides is 1. The van der Waals surface area contributed by atoms with Crippen molar-refractivity contribution in [3.05, 3.63) is 39.6 Å². The van der Waals surface area contributed by atoms with E-state index < -0.39 is 0 Å². The molecule has 2 heterocycles. The molecule has 2 nitrogen and oxygen atoms in total. The molecule has 3 rings (SSSR count). The van der Waals surface area contributed by atoms with Crippen LogP contribution in [-0.2, 0) is 4.79 Å². The van der Waals surface area contributed by atoms with Gasteiger partial charge in [0, 0.05) is 24.0 Å². The topological polar surface area (TPSA) is 20.3 Å². The summed E-state index contributed by atoms with van der Waals surface area (Å²) in [4.78, 5) is 15.1. The highest BCUT2D eigenvalue weighted by Gasteiger charge is 2.23. The third-order valence-electron chi connectivity index (χ3n) is 3.61. The zero-order valence-electron chi connectivity index (χ0n) is 10.4. The van der Waals surface area contributed by atoms with Gasteiger partial charge < -0.3 is 4.90 Å². The van der Waals surface area contributed by atoms with E-state index in [-0.39, 0.29) is 5.91 Å². The van der Waals surface area contributed by atoms with E-state index in [0.717, 1.165) is 30.8 Å². The maximum atomic E-state index is 12.0. The molecular formula is C15H17NOS. The van der Waals surface area contributed by atoms with E-state index in [0.29, 0.717) is 0 Å². The van der Waals surface area contributed by atoms with Crippen LogP contribution in [0.2, 0.25) is 0 Å². The van der Waals surface area contributed by atoms with Gasteiger partial charge in [0.15, 0.2) is 0 Å². The van der Waals surface area contributed by atoms with Gasteiger partial charge in [-0.3, -0.25) is 4.79 Å². The van der Waals surface area contributed by atoms with E-state index in [4.69, 9.17) is 0 Å². The predicted octanol–water partition coefficient (Wildman–Crippen LogP) is 3.47. The quantitative estimate of drug-likeness (QED) is 0.588. The van der Waals surface area contributed by atoms with Crippen LogP contribution in [0.15, 0.2) is 34.7 Å². The fourth-order valence-electron chi connectivity index (χ4n) is 2.41. The van der Waals surface area contributed by atoms with E-state index in [2.05, 4.69) is 0 Å². The van der Waals surface area contributed by atoms with Gasteiger partial charge in [0.25, 0.3) is 0 Å². The molecule has 1 aromatic heterocycles. The first-order chi connectivity index (χ1) is 8.83. The summed E-state index contributed by atoms with van der Waals surface area (Å²) >= 11 is 1.66. The summed E-state index contributed by atoms with van der Waals surface area (Å²) in [5.74, 6) is 0.156. The number of rotatable bonds is 2. The number of likely N-dealkylation sites (tertiary alicyclic amines) is 1. The number of hydrogen-bond acceptors (Lipinski definition) is 2. The summed E-state index contributed by atoms with van der Waals surface area (Å²) in [6.45, 7) is 1.79. The molecule has 0 radical (unpaired) electrons. The smallest absolute Gasteiger partial charge is 0.246 e. The normalized spacial score (nSPS) is 19.7. The standard InChI is InChI=1S/C15H17NOS/c17-15(6-5-14-2-1-11-18-14)16-9-7-13(8-10-16)12-3-4-12/h1-2,5-6,11H,3-4,7-10H2. The summed E-state index contributed by atoms with van der Waals surface area (Å²) in [6.07, 6.45) is 8.42. The molecule has 18 heavy (non-hydrogen) atoms. The van der Waals surface area contributed by atoms with Gasteiger partial charge in [-0.25, -0.2) is 0 Å². The van der Waals surface area contributed by atoms with Gasteiger partial charge in [-0.1, -0.05) is 17.2 Å². The van der Waals surface area contributed by atoms with E-state index in [1.165, 1.54) is 12.8 Å². The first-order valence-corrected chi connectivity index (χ1v) is 7.41. The molecule has 94 valence electrons. The van der Waals surface area contributed by atoms with Crippen molar-refractivity contribution < 1.29 is 4.79 Å². The Morgan fingerprint density at radius 3 is 2.50 bits per heavy atom. The Labute approximate surface area is 112 Å². The van der Waals surface area contributed by atoms with Crippen LogP contribution in [0.25, 0.3) is 6.08 Å². The number of hydrogen-bond donors (Lipinski definition) is 0. The Kier molecular flexibility index (Phi) is 3.33. The molecule has 1 aliphatic heterocycles. The number of thiophene rings is 1. The summed E-state index contributed by atoms with van der Waals surface area (Å²) < 4.78 is 0. The number of carbonyl (C=O) groups is 1. The van der Waals surface area contributed by atoms with Gasteiger partial charge in [0.1, 0.15) is 0 Å². The SMILES string of the molecule is O=C(C=Cc1cccs1)N1CCC(=C2CC2)CC1. The van der Waals surface area contributed by atoms with Crippen molar-refractivity contribution in [2.45, 2.75) is 25.7 Å². The molecule has 1 aromatic rings. The Balaban J connectivity index is 1.56. The molecule has 1 aliphatic carbocycles. The molecule has 2 aliphatic rings. The lowest BCUT2D eigenvalue weighted by molar-refractivity contribution is -0.126. The molecular weight excluding hydrogens is 242 g/mol.